The van der Waals surface area contributed by atoms with Crippen LogP contribution in [0.5, 0.6) is 0 Å². The number of halogens is 1. The summed E-state index contributed by atoms with van der Waals surface area (Å²) in [5.41, 5.74) is 2.13. The van der Waals surface area contributed by atoms with Crippen LogP contribution in [0.25, 0.3) is 32.2 Å². The summed E-state index contributed by atoms with van der Waals surface area (Å²) in [4.78, 5) is 29.1. The maximum absolute atomic E-state index is 15.2. The Morgan fingerprint density at radius 1 is 1.26 bits per heavy atom. The number of amides is 2. The van der Waals surface area contributed by atoms with E-state index in [9.17, 15) is 18.0 Å². The van der Waals surface area contributed by atoms with Gasteiger partial charge in [-0.2, -0.15) is 5.10 Å². The van der Waals surface area contributed by atoms with Crippen molar-refractivity contribution in [1.82, 2.24) is 25.4 Å². The summed E-state index contributed by atoms with van der Waals surface area (Å²) in [6, 6.07) is 8.42. The molecule has 2 heterocycles. The molecule has 1 unspecified atom stereocenters. The van der Waals surface area contributed by atoms with Gasteiger partial charge >= 0.3 is 0 Å². The van der Waals surface area contributed by atoms with Crippen molar-refractivity contribution in [3.8, 4) is 11.1 Å². The fourth-order valence-electron chi connectivity index (χ4n) is 3.95. The van der Waals surface area contributed by atoms with E-state index in [2.05, 4.69) is 20.7 Å². The average molecular weight is 516 g/mol. The molecular weight excluding hydrogens is 493 g/mol. The first kappa shape index (κ1) is 23.4. The molecule has 0 saturated heterocycles. The zero-order chi connectivity index (χ0) is 24.9. The van der Waals surface area contributed by atoms with Crippen molar-refractivity contribution in [2.24, 2.45) is 7.05 Å². The first-order chi connectivity index (χ1) is 16.6. The van der Waals surface area contributed by atoms with Crippen LogP contribution in [0.1, 0.15) is 23.1 Å². The lowest BCUT2D eigenvalue weighted by Crippen LogP contribution is -2.41. The minimum absolute atomic E-state index is 0.0127. The number of nitrogens with zero attached hydrogens (tertiary/aromatic N) is 3. The number of rotatable bonds is 7. The normalized spacial score (nSPS) is 14.8. The van der Waals surface area contributed by atoms with Crippen molar-refractivity contribution in [3.05, 3.63) is 47.4 Å². The molecule has 0 bridgehead atoms. The monoisotopic (exact) mass is 515 g/mol. The van der Waals surface area contributed by atoms with E-state index in [0.717, 1.165) is 41.3 Å². The van der Waals surface area contributed by atoms with E-state index in [1.54, 1.807) is 36.1 Å². The van der Waals surface area contributed by atoms with E-state index in [-0.39, 0.29) is 23.5 Å². The number of hydrogen-bond donors (Lipinski definition) is 2. The van der Waals surface area contributed by atoms with Gasteiger partial charge in [-0.25, -0.2) is 17.8 Å². The molecule has 2 aromatic carbocycles. The quantitative estimate of drug-likeness (QED) is 0.390. The average Bonchev–Trinajstić information content (AvgIpc) is 3.39. The number of carbonyl (C=O) groups is 2. The molecule has 1 fully saturated rings. The summed E-state index contributed by atoms with van der Waals surface area (Å²) in [5.74, 6) is -1.73. The van der Waals surface area contributed by atoms with Crippen LogP contribution in [0.3, 0.4) is 0 Å². The number of fused-ring (bicyclic) bond motifs is 2. The van der Waals surface area contributed by atoms with Crippen LogP contribution in [0.15, 0.2) is 36.5 Å². The van der Waals surface area contributed by atoms with Crippen molar-refractivity contribution in [3.63, 3.8) is 0 Å². The molecule has 2 N–H and O–H groups in total. The molecule has 2 aromatic heterocycles. The molecular formula is C23H22FN5O4S2. The molecule has 5 rings (SSSR count). The highest BCUT2D eigenvalue weighted by Crippen LogP contribution is 2.36. The predicted molar refractivity (Wildman–Crippen MR) is 131 cm³/mol. The molecule has 0 aliphatic heterocycles. The Morgan fingerprint density at radius 3 is 2.74 bits per heavy atom. The van der Waals surface area contributed by atoms with E-state index in [1.165, 1.54) is 6.07 Å². The Morgan fingerprint density at radius 2 is 2.03 bits per heavy atom. The van der Waals surface area contributed by atoms with Gasteiger partial charge in [0.15, 0.2) is 15.1 Å². The predicted octanol–water partition coefficient (Wildman–Crippen LogP) is 2.47. The van der Waals surface area contributed by atoms with Crippen LogP contribution in [0.4, 0.5) is 4.39 Å². The smallest absolute Gasteiger partial charge is 0.245 e. The highest BCUT2D eigenvalue weighted by molar-refractivity contribution is 7.91. The highest BCUT2D eigenvalue weighted by atomic mass is 32.2. The SMILES string of the molecule is Cn1ncc2c(-c3cc4nc(C(C(=O)NCC(=O)NC5CC5)S(C)(=O)=O)sc4cc3F)cccc21. The molecule has 1 aliphatic carbocycles. The zero-order valence-electron chi connectivity index (χ0n) is 18.9. The van der Waals surface area contributed by atoms with Crippen molar-refractivity contribution < 1.29 is 22.4 Å². The number of nitrogens with one attached hydrogen (secondary N) is 2. The third-order valence-electron chi connectivity index (χ3n) is 5.83. The van der Waals surface area contributed by atoms with Gasteiger partial charge in [-0.15, -0.1) is 11.3 Å². The van der Waals surface area contributed by atoms with Gasteiger partial charge in [-0.1, -0.05) is 12.1 Å². The molecule has 1 atom stereocenters. The Bertz CT molecular complexity index is 1590. The standard InChI is InChI=1S/C23H22FN5O4S2/c1-29-18-5-3-4-13(15(18)10-26-29)14-8-17-19(9-16(14)24)34-23(28-17)21(35(2,32)33)22(31)25-11-20(30)27-12-6-7-12/h3-5,8-10,12,21H,6-7,11H2,1-2H3,(H,25,31)(H,27,30). The van der Waals surface area contributed by atoms with E-state index < -0.39 is 26.8 Å². The fourth-order valence-corrected chi connectivity index (χ4v) is 6.47. The van der Waals surface area contributed by atoms with Crippen LogP contribution in [0.2, 0.25) is 0 Å². The zero-order valence-corrected chi connectivity index (χ0v) is 20.5. The second-order valence-corrected chi connectivity index (χ2v) is 11.8. The first-order valence-electron chi connectivity index (χ1n) is 10.9. The summed E-state index contributed by atoms with van der Waals surface area (Å²) in [7, 11) is -2.13. The van der Waals surface area contributed by atoms with Gasteiger partial charge in [0, 0.05) is 30.3 Å². The van der Waals surface area contributed by atoms with Crippen LogP contribution in [-0.2, 0) is 26.5 Å². The third-order valence-corrected chi connectivity index (χ3v) is 8.36. The molecule has 1 saturated carbocycles. The number of carbonyl (C=O) groups excluding carboxylic acids is 2. The lowest BCUT2D eigenvalue weighted by molar-refractivity contribution is -0.126. The second kappa shape index (κ2) is 8.68. The van der Waals surface area contributed by atoms with Gasteiger partial charge in [0.25, 0.3) is 0 Å². The molecule has 0 spiro atoms. The van der Waals surface area contributed by atoms with Crippen molar-refractivity contribution in [1.29, 1.82) is 0 Å². The van der Waals surface area contributed by atoms with Gasteiger partial charge in [0.05, 0.1) is 28.5 Å². The number of aromatic nitrogens is 3. The van der Waals surface area contributed by atoms with Crippen LogP contribution in [-0.4, -0.2) is 53.8 Å². The largest absolute Gasteiger partial charge is 0.352 e. The molecule has 12 heteroatoms. The van der Waals surface area contributed by atoms with Gasteiger partial charge < -0.3 is 10.6 Å². The lowest BCUT2D eigenvalue weighted by atomic mass is 10.0. The molecule has 2 amide bonds. The summed E-state index contributed by atoms with van der Waals surface area (Å²) < 4.78 is 42.3. The number of aryl methyl sites for hydroxylation is 1. The van der Waals surface area contributed by atoms with Crippen molar-refractivity contribution >= 4 is 54.1 Å². The first-order valence-corrected chi connectivity index (χ1v) is 13.7. The second-order valence-electron chi connectivity index (χ2n) is 8.63. The highest BCUT2D eigenvalue weighted by Gasteiger charge is 2.34. The van der Waals surface area contributed by atoms with E-state index in [1.807, 2.05) is 6.07 Å². The van der Waals surface area contributed by atoms with Crippen LogP contribution >= 0.6 is 11.3 Å². The summed E-state index contributed by atoms with van der Waals surface area (Å²) in [6.07, 6.45) is 4.38. The van der Waals surface area contributed by atoms with Crippen LogP contribution < -0.4 is 10.6 Å². The van der Waals surface area contributed by atoms with Gasteiger partial charge in [-0.3, -0.25) is 14.3 Å². The van der Waals surface area contributed by atoms with Crippen LogP contribution in [0, 0.1) is 5.82 Å². The Labute approximate surface area is 204 Å². The Hall–Kier alpha value is -3.38. The topological polar surface area (TPSA) is 123 Å². The van der Waals surface area contributed by atoms with E-state index in [4.69, 9.17) is 0 Å². The Kier molecular flexibility index (Phi) is 5.80. The maximum Gasteiger partial charge on any atom is 0.245 e. The minimum Gasteiger partial charge on any atom is -0.352 e. The minimum atomic E-state index is -3.92. The molecule has 0 radical (unpaired) electrons. The van der Waals surface area contributed by atoms with Gasteiger partial charge in [-0.05, 0) is 36.6 Å². The molecule has 4 aromatic rings. The molecule has 182 valence electrons. The third kappa shape index (κ3) is 4.63. The van der Waals surface area contributed by atoms with Crippen molar-refractivity contribution in [2.45, 2.75) is 24.1 Å². The van der Waals surface area contributed by atoms with Crippen molar-refractivity contribution in [2.75, 3.05) is 12.8 Å². The van der Waals surface area contributed by atoms with E-state index in [0.29, 0.717) is 21.3 Å². The summed E-state index contributed by atoms with van der Waals surface area (Å²) >= 11 is 0.933. The molecule has 9 nitrogen and oxygen atoms in total. The molecule has 1 aliphatic rings. The Balaban J connectivity index is 1.49. The summed E-state index contributed by atoms with van der Waals surface area (Å²) in [6.45, 7) is -0.333. The number of benzene rings is 2. The number of hydrogen-bond acceptors (Lipinski definition) is 7. The van der Waals surface area contributed by atoms with Gasteiger partial charge in [0.1, 0.15) is 10.8 Å². The maximum atomic E-state index is 15.2. The number of thiazole rings is 1. The van der Waals surface area contributed by atoms with E-state index >= 15 is 4.39 Å². The molecule has 35 heavy (non-hydrogen) atoms. The number of sulfone groups is 1. The summed E-state index contributed by atoms with van der Waals surface area (Å²) in [5, 5.41) is 8.52. The lowest BCUT2D eigenvalue weighted by Gasteiger charge is -2.12. The fraction of sp³-hybridized carbons (Fsp3) is 0.304. The van der Waals surface area contributed by atoms with Gasteiger partial charge in [0.2, 0.25) is 11.8 Å².